The van der Waals surface area contributed by atoms with E-state index in [1.54, 1.807) is 0 Å². The number of esters is 1. The van der Waals surface area contributed by atoms with Gasteiger partial charge in [0.25, 0.3) is 6.43 Å². The van der Waals surface area contributed by atoms with Crippen LogP contribution in [0.1, 0.15) is 13.3 Å². The molecule has 0 spiro atoms. The van der Waals surface area contributed by atoms with Gasteiger partial charge in [-0.3, -0.25) is 9.59 Å². The Morgan fingerprint density at radius 2 is 2.11 bits per heavy atom. The van der Waals surface area contributed by atoms with Crippen LogP contribution < -0.4 is 5.32 Å². The monoisotopic (exact) mass is 264 g/mol. The molecule has 1 heterocycles. The summed E-state index contributed by atoms with van der Waals surface area (Å²) in [7, 11) is 1.27. The summed E-state index contributed by atoms with van der Waals surface area (Å²) >= 11 is 0. The molecule has 5 nitrogen and oxygen atoms in total. The fourth-order valence-corrected chi connectivity index (χ4v) is 2.10. The number of ether oxygens (including phenoxy) is 1. The van der Waals surface area contributed by atoms with Gasteiger partial charge >= 0.3 is 5.97 Å². The molecule has 0 saturated carbocycles. The third-order valence-corrected chi connectivity index (χ3v) is 2.99. The van der Waals surface area contributed by atoms with Crippen molar-refractivity contribution in [3.05, 3.63) is 0 Å². The number of hydrogen-bond acceptors (Lipinski definition) is 4. The molecular weight excluding hydrogens is 246 g/mol. The Balaban J connectivity index is 2.62. The smallest absolute Gasteiger partial charge is 0.310 e. The summed E-state index contributed by atoms with van der Waals surface area (Å²) in [5, 5.41) is 2.66. The molecule has 1 aliphatic heterocycles. The quantitative estimate of drug-likeness (QED) is 0.740. The van der Waals surface area contributed by atoms with Crippen LogP contribution in [0.4, 0.5) is 8.78 Å². The largest absolute Gasteiger partial charge is 0.469 e. The van der Waals surface area contributed by atoms with Crippen LogP contribution in [0, 0.1) is 5.92 Å². The summed E-state index contributed by atoms with van der Waals surface area (Å²) in [4.78, 5) is 24.3. The highest BCUT2D eigenvalue weighted by Crippen LogP contribution is 2.18. The van der Waals surface area contributed by atoms with Crippen molar-refractivity contribution in [2.24, 2.45) is 5.92 Å². The highest BCUT2D eigenvalue weighted by molar-refractivity contribution is 5.76. The van der Waals surface area contributed by atoms with Crippen molar-refractivity contribution in [1.29, 1.82) is 0 Å². The Bertz CT molecular complexity index is 313. The second-order valence-electron chi connectivity index (χ2n) is 4.38. The van der Waals surface area contributed by atoms with Gasteiger partial charge in [0.05, 0.1) is 19.6 Å². The molecule has 7 heteroatoms. The van der Waals surface area contributed by atoms with Crippen molar-refractivity contribution in [2.45, 2.75) is 25.8 Å². The predicted molar refractivity (Wildman–Crippen MR) is 60.2 cm³/mol. The maximum absolute atomic E-state index is 12.1. The van der Waals surface area contributed by atoms with Crippen molar-refractivity contribution >= 4 is 11.9 Å². The Morgan fingerprint density at radius 1 is 1.44 bits per heavy atom. The van der Waals surface area contributed by atoms with Crippen LogP contribution >= 0.6 is 0 Å². The molecular formula is C11H18F2N2O3. The Hall–Kier alpha value is -1.24. The molecule has 18 heavy (non-hydrogen) atoms. The Labute approximate surface area is 104 Å². The first-order chi connectivity index (χ1) is 8.43. The van der Waals surface area contributed by atoms with E-state index in [2.05, 4.69) is 10.1 Å². The zero-order valence-corrected chi connectivity index (χ0v) is 10.5. The molecule has 104 valence electrons. The average molecular weight is 264 g/mol. The number of hydrogen-bond donors (Lipinski definition) is 1. The van der Waals surface area contributed by atoms with Gasteiger partial charge in [0, 0.05) is 26.1 Å². The number of rotatable bonds is 4. The van der Waals surface area contributed by atoms with Gasteiger partial charge in [-0.2, -0.15) is 0 Å². The normalized spacial score (nSPS) is 24.2. The molecule has 1 rings (SSSR count). The molecule has 0 radical (unpaired) electrons. The first kappa shape index (κ1) is 14.8. The maximum atomic E-state index is 12.1. The first-order valence-electron chi connectivity index (χ1n) is 5.79. The third kappa shape index (κ3) is 4.21. The van der Waals surface area contributed by atoms with E-state index >= 15 is 0 Å². The summed E-state index contributed by atoms with van der Waals surface area (Å²) < 4.78 is 28.9. The van der Waals surface area contributed by atoms with Crippen LogP contribution in [-0.2, 0) is 14.3 Å². The van der Waals surface area contributed by atoms with Gasteiger partial charge in [-0.15, -0.1) is 0 Å². The van der Waals surface area contributed by atoms with E-state index < -0.39 is 24.9 Å². The molecule has 2 unspecified atom stereocenters. The fourth-order valence-electron chi connectivity index (χ4n) is 2.10. The number of likely N-dealkylation sites (tertiary alicyclic amines) is 1. The molecule has 1 saturated heterocycles. The van der Waals surface area contributed by atoms with Crippen LogP contribution in [0.3, 0.4) is 0 Å². The van der Waals surface area contributed by atoms with Gasteiger partial charge in [0.2, 0.25) is 5.91 Å². The van der Waals surface area contributed by atoms with Crippen LogP contribution in [0.2, 0.25) is 0 Å². The van der Waals surface area contributed by atoms with Crippen molar-refractivity contribution < 1.29 is 23.1 Å². The van der Waals surface area contributed by atoms with Gasteiger partial charge < -0.3 is 15.0 Å². The fraction of sp³-hybridized carbons (Fsp3) is 0.818. The lowest BCUT2D eigenvalue weighted by Crippen LogP contribution is -2.53. The predicted octanol–water partition coefficient (Wildman–Crippen LogP) is 0.251. The van der Waals surface area contributed by atoms with Gasteiger partial charge in [0.1, 0.15) is 0 Å². The summed E-state index contributed by atoms with van der Waals surface area (Å²) in [6, 6.07) is -0.305. The van der Waals surface area contributed by atoms with Crippen molar-refractivity contribution in [3.63, 3.8) is 0 Å². The second-order valence-corrected chi connectivity index (χ2v) is 4.38. The zero-order valence-electron chi connectivity index (χ0n) is 10.5. The van der Waals surface area contributed by atoms with Crippen LogP contribution in [0.15, 0.2) is 0 Å². The molecule has 2 atom stereocenters. The van der Waals surface area contributed by atoms with Crippen LogP contribution in [0.25, 0.3) is 0 Å². The van der Waals surface area contributed by atoms with Gasteiger partial charge in [-0.25, -0.2) is 8.78 Å². The second kappa shape index (κ2) is 6.63. The summed E-state index contributed by atoms with van der Waals surface area (Å²) in [6.07, 6.45) is -2.04. The van der Waals surface area contributed by atoms with E-state index in [0.29, 0.717) is 13.0 Å². The lowest BCUT2D eigenvalue weighted by atomic mass is 9.94. The number of nitrogens with one attached hydrogen (secondary N) is 1. The Morgan fingerprint density at radius 3 is 2.61 bits per heavy atom. The lowest BCUT2D eigenvalue weighted by Gasteiger charge is -2.36. The minimum absolute atomic E-state index is 0.174. The van der Waals surface area contributed by atoms with Crippen molar-refractivity contribution in [1.82, 2.24) is 10.2 Å². The average Bonchev–Trinajstić information content (AvgIpc) is 2.34. The molecule has 0 aliphatic carbocycles. The highest BCUT2D eigenvalue weighted by Gasteiger charge is 2.33. The topological polar surface area (TPSA) is 58.6 Å². The van der Waals surface area contributed by atoms with Crippen molar-refractivity contribution in [3.8, 4) is 0 Å². The van der Waals surface area contributed by atoms with E-state index in [0.717, 1.165) is 0 Å². The van der Waals surface area contributed by atoms with E-state index in [-0.39, 0.29) is 18.5 Å². The number of carbonyl (C=O) groups excluding carboxylic acids is 2. The molecule has 1 fully saturated rings. The standard InChI is InChI=1S/C11H18F2N2O3/c1-7(16)15-5-8(11(17)18-2)3-9(6-15)14-4-10(12)13/h8-10,14H,3-6H2,1-2H3. The minimum atomic E-state index is -2.45. The number of halogens is 2. The summed E-state index contributed by atoms with van der Waals surface area (Å²) in [5.74, 6) is -1.04. The summed E-state index contributed by atoms with van der Waals surface area (Å²) in [6.45, 7) is 1.58. The van der Waals surface area contributed by atoms with E-state index in [9.17, 15) is 18.4 Å². The van der Waals surface area contributed by atoms with Crippen LogP contribution in [-0.4, -0.2) is 56.0 Å². The van der Waals surface area contributed by atoms with Gasteiger partial charge in [0.15, 0.2) is 0 Å². The zero-order chi connectivity index (χ0) is 13.7. The SMILES string of the molecule is COC(=O)C1CC(NCC(F)F)CN(C(C)=O)C1. The third-order valence-electron chi connectivity index (χ3n) is 2.99. The number of amides is 1. The number of alkyl halides is 2. The minimum Gasteiger partial charge on any atom is -0.469 e. The van der Waals surface area contributed by atoms with Crippen LogP contribution in [0.5, 0.6) is 0 Å². The molecule has 1 amide bonds. The lowest BCUT2D eigenvalue weighted by molar-refractivity contribution is -0.149. The number of piperidine rings is 1. The molecule has 0 aromatic carbocycles. The summed E-state index contributed by atoms with van der Waals surface area (Å²) in [5.41, 5.74) is 0. The van der Waals surface area contributed by atoms with Gasteiger partial charge in [-0.05, 0) is 6.42 Å². The highest BCUT2D eigenvalue weighted by atomic mass is 19.3. The first-order valence-corrected chi connectivity index (χ1v) is 5.79. The van der Waals surface area contributed by atoms with Crippen molar-refractivity contribution in [2.75, 3.05) is 26.7 Å². The van der Waals surface area contributed by atoms with Gasteiger partial charge in [-0.1, -0.05) is 0 Å². The maximum Gasteiger partial charge on any atom is 0.310 e. The van der Waals surface area contributed by atoms with E-state index in [1.807, 2.05) is 0 Å². The molecule has 0 aromatic rings. The van der Waals surface area contributed by atoms with E-state index in [1.165, 1.54) is 18.9 Å². The number of carbonyl (C=O) groups is 2. The van der Waals surface area contributed by atoms with E-state index in [4.69, 9.17) is 0 Å². The molecule has 0 aromatic heterocycles. The number of methoxy groups -OCH3 is 1. The molecule has 1 N–H and O–H groups in total. The molecule has 1 aliphatic rings. The Kier molecular flexibility index (Phi) is 5.46. The molecule has 0 bridgehead atoms. The number of nitrogens with zero attached hydrogens (tertiary/aromatic N) is 1.